The molecule has 5 fully saturated rings. The summed E-state index contributed by atoms with van der Waals surface area (Å²) < 4.78 is 36.9. The lowest BCUT2D eigenvalue weighted by atomic mass is 9.43. The van der Waals surface area contributed by atoms with Gasteiger partial charge >= 0.3 is 5.97 Å². The second-order valence-electron chi connectivity index (χ2n) is 23.4. The molecule has 0 aromatic rings. The SMILES string of the molecule is C=C(CC[C@@H](C)[C@H]1CC[C@@]2(C(=O)O)C3=C(CC[C@]12C)[C@@]1(C)CC[C@H](O[C@@H]2O[C@H](CO)[C@H](O)[C@H](O[C@@H]4O[C@H](CO)[C@H](O)[C@H](O)[C@H]4O)[C@H]2O[C@@H]2O[C@H](CO)[C@H](O)[C@H](O)[C@H]2O)C(C)(C)C1CC3)C(C)(C)C. The van der Waals surface area contributed by atoms with E-state index in [1.165, 1.54) is 11.1 Å². The molecular formula is C50H82O18. The first-order valence-corrected chi connectivity index (χ1v) is 24.9. The fourth-order valence-corrected chi connectivity index (χ4v) is 14.2. The molecule has 0 amide bonds. The van der Waals surface area contributed by atoms with Gasteiger partial charge in [-0.15, -0.1) is 0 Å². The van der Waals surface area contributed by atoms with Crippen LogP contribution in [0.25, 0.3) is 0 Å². The summed E-state index contributed by atoms with van der Waals surface area (Å²) in [5, 5.41) is 118. The third-order valence-corrected chi connectivity index (χ3v) is 18.6. The van der Waals surface area contributed by atoms with Crippen molar-refractivity contribution in [2.45, 2.75) is 218 Å². The second-order valence-corrected chi connectivity index (χ2v) is 23.4. The van der Waals surface area contributed by atoms with Crippen molar-refractivity contribution in [3.63, 3.8) is 0 Å². The van der Waals surface area contributed by atoms with Gasteiger partial charge in [-0.25, -0.2) is 0 Å². The van der Waals surface area contributed by atoms with Crippen molar-refractivity contribution in [3.05, 3.63) is 23.3 Å². The average molecular weight is 971 g/mol. The number of allylic oxidation sites excluding steroid dienone is 2. The number of carboxylic acid groups (broad SMARTS) is 1. The summed E-state index contributed by atoms with van der Waals surface area (Å²) >= 11 is 0. The van der Waals surface area contributed by atoms with Gasteiger partial charge in [0.25, 0.3) is 0 Å². The number of aliphatic hydroxyl groups is 10. The van der Waals surface area contributed by atoms with Crippen molar-refractivity contribution in [1.82, 2.24) is 0 Å². The summed E-state index contributed by atoms with van der Waals surface area (Å²) in [5.41, 5.74) is 1.14. The Morgan fingerprint density at radius 1 is 0.676 bits per heavy atom. The molecule has 3 heterocycles. The van der Waals surface area contributed by atoms with Crippen molar-refractivity contribution in [3.8, 4) is 0 Å². The van der Waals surface area contributed by atoms with Crippen molar-refractivity contribution < 1.29 is 89.4 Å². The number of hydrogen-bond donors (Lipinski definition) is 11. The third-order valence-electron chi connectivity index (χ3n) is 18.6. The van der Waals surface area contributed by atoms with Crippen molar-refractivity contribution in [1.29, 1.82) is 0 Å². The van der Waals surface area contributed by atoms with Gasteiger partial charge in [-0.1, -0.05) is 78.7 Å². The van der Waals surface area contributed by atoms with Gasteiger partial charge in [-0.05, 0) is 104 Å². The van der Waals surface area contributed by atoms with E-state index in [-0.39, 0.29) is 22.7 Å². The highest BCUT2D eigenvalue weighted by Gasteiger charge is 2.69. The monoisotopic (exact) mass is 971 g/mol. The lowest BCUT2D eigenvalue weighted by Crippen LogP contribution is -2.68. The maximum atomic E-state index is 14.0. The molecule has 3 saturated heterocycles. The van der Waals surface area contributed by atoms with Crippen LogP contribution in [0.1, 0.15) is 120 Å². The first kappa shape index (κ1) is 54.1. The minimum Gasteiger partial charge on any atom is -0.481 e. The van der Waals surface area contributed by atoms with Crippen LogP contribution in [0.3, 0.4) is 0 Å². The molecule has 0 aromatic heterocycles. The first-order valence-electron chi connectivity index (χ1n) is 24.9. The number of hydrogen-bond acceptors (Lipinski definition) is 17. The zero-order valence-corrected chi connectivity index (χ0v) is 41.1. The Morgan fingerprint density at radius 2 is 1.21 bits per heavy atom. The zero-order valence-electron chi connectivity index (χ0n) is 41.1. The van der Waals surface area contributed by atoms with Gasteiger partial charge in [0, 0.05) is 0 Å². The average Bonchev–Trinajstić information content (AvgIpc) is 3.62. The Morgan fingerprint density at radius 3 is 1.74 bits per heavy atom. The number of fused-ring (bicyclic) bond motifs is 4. The lowest BCUT2D eigenvalue weighted by Gasteiger charge is -2.62. The largest absolute Gasteiger partial charge is 0.481 e. The second kappa shape index (κ2) is 20.0. The van der Waals surface area contributed by atoms with E-state index in [1.54, 1.807) is 0 Å². The minimum absolute atomic E-state index is 0.00367. The molecule has 0 bridgehead atoms. The van der Waals surface area contributed by atoms with Crippen LogP contribution in [0.4, 0.5) is 0 Å². The Kier molecular flexibility index (Phi) is 15.9. The summed E-state index contributed by atoms with van der Waals surface area (Å²) in [6, 6.07) is 0. The van der Waals surface area contributed by atoms with Gasteiger partial charge in [-0.2, -0.15) is 0 Å². The van der Waals surface area contributed by atoms with Crippen LogP contribution >= 0.6 is 0 Å². The minimum atomic E-state index is -1.92. The molecule has 68 heavy (non-hydrogen) atoms. The van der Waals surface area contributed by atoms with Crippen LogP contribution in [-0.4, -0.2) is 180 Å². The van der Waals surface area contributed by atoms with Crippen molar-refractivity contribution >= 4 is 5.97 Å². The molecule has 7 rings (SSSR count). The van der Waals surface area contributed by atoms with Crippen LogP contribution in [0.15, 0.2) is 23.3 Å². The number of ether oxygens (including phenoxy) is 6. The van der Waals surface area contributed by atoms with E-state index in [2.05, 4.69) is 62.0 Å². The van der Waals surface area contributed by atoms with Crippen LogP contribution in [0.2, 0.25) is 0 Å². The standard InChI is InChI=1S/C50H82O18/c1-23(10-11-24(2)46(3,4)5)25-15-19-50(45(61)62)27-12-13-31-47(6,7)32(16-17-48(31,8)26(27)14-18-49(25,50)9)66-44-41(68-43-39(60)37(58)34(55)29(21-52)64-43)40(35(56)30(22-53)65-44)67-42-38(59)36(57)33(54)28(20-51)63-42/h23,25,28-44,51-60H,2,10-22H2,1,3-9H3,(H,61,62)/t23-,25-,28-,29-,30-,31?,32+,33+,34+,35+,36+,37+,38-,39-,40+,41-,42+,43+,44+,48-,49-,50+/m1/s1. The fraction of sp³-hybridized carbons (Fsp3) is 0.900. The molecule has 1 unspecified atom stereocenters. The fourth-order valence-electron chi connectivity index (χ4n) is 14.2. The van der Waals surface area contributed by atoms with Gasteiger partial charge < -0.3 is 84.6 Å². The Labute approximate surface area is 400 Å². The van der Waals surface area contributed by atoms with Gasteiger partial charge in [0.2, 0.25) is 0 Å². The molecule has 4 aliphatic carbocycles. The molecule has 2 saturated carbocycles. The highest BCUT2D eigenvalue weighted by Crippen LogP contribution is 2.73. The van der Waals surface area contributed by atoms with Gasteiger partial charge in [-0.3, -0.25) is 4.79 Å². The highest BCUT2D eigenvalue weighted by atomic mass is 16.8. The van der Waals surface area contributed by atoms with Gasteiger partial charge in [0.15, 0.2) is 18.9 Å². The summed E-state index contributed by atoms with van der Waals surface area (Å²) in [6.07, 6.45) is -18.7. The molecular weight excluding hydrogens is 889 g/mol. The summed E-state index contributed by atoms with van der Waals surface area (Å²) in [7, 11) is 0. The molecule has 3 aliphatic heterocycles. The molecule has 0 aromatic carbocycles. The molecule has 390 valence electrons. The molecule has 18 heteroatoms. The molecule has 0 spiro atoms. The maximum absolute atomic E-state index is 14.0. The third kappa shape index (κ3) is 8.99. The normalized spacial score (nSPS) is 47.7. The number of carbonyl (C=O) groups is 1. The number of aliphatic hydroxyl groups excluding tert-OH is 10. The van der Waals surface area contributed by atoms with Gasteiger partial charge in [0.05, 0.1) is 31.3 Å². The molecule has 0 radical (unpaired) electrons. The molecule has 22 atom stereocenters. The van der Waals surface area contributed by atoms with Crippen LogP contribution < -0.4 is 0 Å². The molecule has 11 N–H and O–H groups in total. The van der Waals surface area contributed by atoms with E-state index in [1.807, 2.05) is 0 Å². The molecule has 18 nitrogen and oxygen atoms in total. The lowest BCUT2D eigenvalue weighted by molar-refractivity contribution is -0.399. The van der Waals surface area contributed by atoms with Crippen molar-refractivity contribution in [2.75, 3.05) is 19.8 Å². The first-order chi connectivity index (χ1) is 31.7. The number of rotatable bonds is 14. The number of aliphatic carboxylic acids is 1. The number of carboxylic acids is 1. The zero-order chi connectivity index (χ0) is 50.2. The summed E-state index contributed by atoms with van der Waals surface area (Å²) in [6.45, 7) is 19.6. The topological polar surface area (TPSA) is 295 Å². The molecule has 7 aliphatic rings. The Bertz CT molecular complexity index is 1830. The predicted octanol–water partition coefficient (Wildman–Crippen LogP) is 1.65. The van der Waals surface area contributed by atoms with E-state index in [9.17, 15) is 61.0 Å². The summed E-state index contributed by atoms with van der Waals surface area (Å²) in [5.74, 6) is -0.170. The Balaban J connectivity index is 1.18. The van der Waals surface area contributed by atoms with Crippen LogP contribution in [0.5, 0.6) is 0 Å². The van der Waals surface area contributed by atoms with Crippen molar-refractivity contribution in [2.24, 2.45) is 44.8 Å². The summed E-state index contributed by atoms with van der Waals surface area (Å²) in [4.78, 5) is 14.0. The van der Waals surface area contributed by atoms with E-state index < -0.39 is 140 Å². The smallest absolute Gasteiger partial charge is 0.314 e. The van der Waals surface area contributed by atoms with E-state index >= 15 is 0 Å². The maximum Gasteiger partial charge on any atom is 0.314 e. The highest BCUT2D eigenvalue weighted by molar-refractivity contribution is 5.82. The van der Waals surface area contributed by atoms with E-state index in [0.29, 0.717) is 38.0 Å². The van der Waals surface area contributed by atoms with Crippen LogP contribution in [0, 0.1) is 44.8 Å². The van der Waals surface area contributed by atoms with E-state index in [4.69, 9.17) is 28.4 Å². The quantitative estimate of drug-likeness (QED) is 0.110. The van der Waals surface area contributed by atoms with Crippen LogP contribution in [-0.2, 0) is 33.2 Å². The van der Waals surface area contributed by atoms with E-state index in [0.717, 1.165) is 37.7 Å². The predicted molar refractivity (Wildman–Crippen MR) is 242 cm³/mol. The van der Waals surface area contributed by atoms with Gasteiger partial charge in [0.1, 0.15) is 73.2 Å². The Hall–Kier alpha value is -1.69.